The number of fused-ring (bicyclic) bond motifs is 1. The second kappa shape index (κ2) is 6.89. The van der Waals surface area contributed by atoms with E-state index in [4.69, 9.17) is 4.74 Å². The van der Waals surface area contributed by atoms with Crippen molar-refractivity contribution in [1.29, 1.82) is 0 Å². The zero-order valence-corrected chi connectivity index (χ0v) is 14.6. The normalized spacial score (nSPS) is 24.8. The molecule has 0 N–H and O–H groups in total. The van der Waals surface area contributed by atoms with Crippen molar-refractivity contribution < 1.29 is 14.3 Å². The van der Waals surface area contributed by atoms with Crippen molar-refractivity contribution in [2.75, 3.05) is 26.2 Å². The average Bonchev–Trinajstić information content (AvgIpc) is 2.73. The Morgan fingerprint density at radius 1 is 1.33 bits per heavy atom. The van der Waals surface area contributed by atoms with Gasteiger partial charge in [0.05, 0.1) is 11.7 Å². The van der Waals surface area contributed by atoms with Crippen LogP contribution >= 0.6 is 0 Å². The molecule has 1 aromatic heterocycles. The second-order valence-corrected chi connectivity index (χ2v) is 7.04. The lowest BCUT2D eigenvalue weighted by molar-refractivity contribution is -0.136. The molecule has 2 saturated heterocycles. The molecule has 2 aliphatic heterocycles. The highest BCUT2D eigenvalue weighted by molar-refractivity contribution is 5.94. The summed E-state index contributed by atoms with van der Waals surface area (Å²) in [6.07, 6.45) is 4.19. The predicted octanol–water partition coefficient (Wildman–Crippen LogP) is 1.49. The number of likely N-dealkylation sites (tertiary alicyclic amines) is 1. The number of hydrogen-bond acceptors (Lipinski definition) is 4. The largest absolute Gasteiger partial charge is 0.368 e. The van der Waals surface area contributed by atoms with Gasteiger partial charge in [0.25, 0.3) is 5.91 Å². The molecule has 2 aliphatic rings. The molecule has 0 bridgehead atoms. The van der Waals surface area contributed by atoms with Gasteiger partial charge in [-0.1, -0.05) is 0 Å². The van der Waals surface area contributed by atoms with Gasteiger partial charge in [0.15, 0.2) is 0 Å². The Bertz CT molecular complexity index is 632. The molecule has 6 heteroatoms. The van der Waals surface area contributed by atoms with Gasteiger partial charge in [-0.05, 0) is 38.8 Å². The van der Waals surface area contributed by atoms with E-state index in [0.717, 1.165) is 12.0 Å². The molecule has 0 aliphatic carbocycles. The van der Waals surface area contributed by atoms with Crippen LogP contribution in [0.15, 0.2) is 18.5 Å². The topological polar surface area (TPSA) is 62.7 Å². The minimum absolute atomic E-state index is 0.0105. The Kier molecular flexibility index (Phi) is 4.85. The number of amides is 2. The number of carbonyl (C=O) groups is 2. The summed E-state index contributed by atoms with van der Waals surface area (Å²) in [6, 6.07) is 2.02. The SMILES string of the molecule is Cc1cncc(C(=O)N2CC[C@@H]3OCC(=O)N(C(C)C)C[C@H]3C2)c1. The molecule has 130 valence electrons. The molecule has 0 radical (unpaired) electrons. The molecule has 1 aromatic rings. The lowest BCUT2D eigenvalue weighted by atomic mass is 9.93. The summed E-state index contributed by atoms with van der Waals surface area (Å²) >= 11 is 0. The molecular weight excluding hydrogens is 306 g/mol. The van der Waals surface area contributed by atoms with Gasteiger partial charge in [0, 0.05) is 44.0 Å². The van der Waals surface area contributed by atoms with Gasteiger partial charge in [-0.15, -0.1) is 0 Å². The van der Waals surface area contributed by atoms with Gasteiger partial charge in [0.2, 0.25) is 5.91 Å². The second-order valence-electron chi connectivity index (χ2n) is 7.04. The highest BCUT2D eigenvalue weighted by Gasteiger charge is 2.37. The van der Waals surface area contributed by atoms with Crippen LogP contribution in [0.5, 0.6) is 0 Å². The van der Waals surface area contributed by atoms with Crippen molar-refractivity contribution in [2.24, 2.45) is 5.92 Å². The van der Waals surface area contributed by atoms with E-state index in [1.54, 1.807) is 12.4 Å². The molecule has 3 heterocycles. The maximum atomic E-state index is 12.8. The predicted molar refractivity (Wildman–Crippen MR) is 89.6 cm³/mol. The number of aryl methyl sites for hydroxylation is 1. The molecule has 2 amide bonds. The van der Waals surface area contributed by atoms with Crippen LogP contribution in [0.2, 0.25) is 0 Å². The quantitative estimate of drug-likeness (QED) is 0.824. The van der Waals surface area contributed by atoms with Crippen molar-refractivity contribution in [3.63, 3.8) is 0 Å². The molecule has 0 spiro atoms. The van der Waals surface area contributed by atoms with Crippen molar-refractivity contribution in [3.8, 4) is 0 Å². The van der Waals surface area contributed by atoms with Crippen molar-refractivity contribution in [1.82, 2.24) is 14.8 Å². The lowest BCUT2D eigenvalue weighted by Crippen LogP contribution is -2.50. The van der Waals surface area contributed by atoms with Gasteiger partial charge in [-0.25, -0.2) is 0 Å². The highest BCUT2D eigenvalue weighted by atomic mass is 16.5. The lowest BCUT2D eigenvalue weighted by Gasteiger charge is -2.38. The standard InChI is InChI=1S/C18H25N3O3/c1-12(2)21-10-15-9-20(5-4-16(15)24-11-17(21)22)18(23)14-6-13(3)7-19-8-14/h6-8,12,15-16H,4-5,9-11H2,1-3H3/t15-,16+/m1/s1. The summed E-state index contributed by atoms with van der Waals surface area (Å²) in [5, 5.41) is 0. The summed E-state index contributed by atoms with van der Waals surface area (Å²) in [7, 11) is 0. The zero-order valence-electron chi connectivity index (χ0n) is 14.6. The van der Waals surface area contributed by atoms with Crippen LogP contribution in [0, 0.1) is 12.8 Å². The Hall–Kier alpha value is -1.95. The van der Waals surface area contributed by atoms with Gasteiger partial charge in [0.1, 0.15) is 6.61 Å². The van der Waals surface area contributed by atoms with E-state index in [0.29, 0.717) is 25.2 Å². The van der Waals surface area contributed by atoms with Crippen LogP contribution in [-0.4, -0.2) is 65.0 Å². The monoisotopic (exact) mass is 331 g/mol. The van der Waals surface area contributed by atoms with E-state index in [1.807, 2.05) is 36.6 Å². The summed E-state index contributed by atoms with van der Waals surface area (Å²) in [4.78, 5) is 32.8. The minimum Gasteiger partial charge on any atom is -0.368 e. The molecule has 0 aromatic carbocycles. The fourth-order valence-corrected chi connectivity index (χ4v) is 3.56. The van der Waals surface area contributed by atoms with Crippen molar-refractivity contribution in [2.45, 2.75) is 39.3 Å². The fraction of sp³-hybridized carbons (Fsp3) is 0.611. The number of piperidine rings is 1. The molecule has 2 fully saturated rings. The molecule has 0 saturated carbocycles. The summed E-state index contributed by atoms with van der Waals surface area (Å²) < 4.78 is 5.81. The van der Waals surface area contributed by atoms with Crippen LogP contribution in [0.25, 0.3) is 0 Å². The minimum atomic E-state index is 0.0105. The third-order valence-electron chi connectivity index (χ3n) is 4.87. The van der Waals surface area contributed by atoms with Crippen LogP contribution in [0.1, 0.15) is 36.2 Å². The van der Waals surface area contributed by atoms with Gasteiger partial charge >= 0.3 is 0 Å². The van der Waals surface area contributed by atoms with Gasteiger partial charge in [-0.3, -0.25) is 14.6 Å². The van der Waals surface area contributed by atoms with Crippen LogP contribution in [0.3, 0.4) is 0 Å². The Balaban J connectivity index is 1.74. The number of ether oxygens (including phenoxy) is 1. The van der Waals surface area contributed by atoms with E-state index in [-0.39, 0.29) is 36.5 Å². The number of pyridine rings is 1. The maximum absolute atomic E-state index is 12.8. The van der Waals surface area contributed by atoms with Crippen molar-refractivity contribution >= 4 is 11.8 Å². The highest BCUT2D eigenvalue weighted by Crippen LogP contribution is 2.26. The molecule has 3 rings (SSSR count). The first-order chi connectivity index (χ1) is 11.5. The van der Waals surface area contributed by atoms with Crippen molar-refractivity contribution in [3.05, 3.63) is 29.6 Å². The van der Waals surface area contributed by atoms with Gasteiger partial charge < -0.3 is 14.5 Å². The number of hydrogen-bond donors (Lipinski definition) is 0. The molecule has 0 unspecified atom stereocenters. The summed E-state index contributed by atoms with van der Waals surface area (Å²) in [5.74, 6) is 0.214. The Morgan fingerprint density at radius 2 is 2.12 bits per heavy atom. The van der Waals surface area contributed by atoms with Crippen LogP contribution < -0.4 is 0 Å². The van der Waals surface area contributed by atoms with Crippen LogP contribution in [-0.2, 0) is 9.53 Å². The smallest absolute Gasteiger partial charge is 0.255 e. The summed E-state index contributed by atoms with van der Waals surface area (Å²) in [6.45, 7) is 8.04. The Morgan fingerprint density at radius 3 is 2.83 bits per heavy atom. The molecule has 24 heavy (non-hydrogen) atoms. The third kappa shape index (κ3) is 3.43. The average molecular weight is 331 g/mol. The maximum Gasteiger partial charge on any atom is 0.255 e. The van der Waals surface area contributed by atoms with Gasteiger partial charge in [-0.2, -0.15) is 0 Å². The van der Waals surface area contributed by atoms with E-state index in [1.165, 1.54) is 0 Å². The first-order valence-electron chi connectivity index (χ1n) is 8.57. The number of aromatic nitrogens is 1. The van der Waals surface area contributed by atoms with E-state index in [9.17, 15) is 9.59 Å². The van der Waals surface area contributed by atoms with E-state index < -0.39 is 0 Å². The fourth-order valence-electron chi connectivity index (χ4n) is 3.56. The first-order valence-corrected chi connectivity index (χ1v) is 8.57. The first kappa shape index (κ1) is 16.9. The third-order valence-corrected chi connectivity index (χ3v) is 4.87. The molecule has 2 atom stereocenters. The molecular formula is C18H25N3O3. The number of nitrogens with zero attached hydrogens (tertiary/aromatic N) is 3. The number of carbonyl (C=O) groups excluding carboxylic acids is 2. The van der Waals surface area contributed by atoms with E-state index in [2.05, 4.69) is 4.98 Å². The van der Waals surface area contributed by atoms with Crippen LogP contribution in [0.4, 0.5) is 0 Å². The Labute approximate surface area is 142 Å². The molecule has 6 nitrogen and oxygen atoms in total. The number of rotatable bonds is 2. The van der Waals surface area contributed by atoms with E-state index >= 15 is 0 Å². The zero-order chi connectivity index (χ0) is 17.3. The summed E-state index contributed by atoms with van der Waals surface area (Å²) in [5.41, 5.74) is 1.60.